The number of hydrogen-bond acceptors (Lipinski definition) is 5. The minimum Gasteiger partial charge on any atom is -0.479 e. The molecule has 2 aromatic carbocycles. The second kappa shape index (κ2) is 12.0. The van der Waals surface area contributed by atoms with Crippen LogP contribution in [0.25, 0.3) is 0 Å². The van der Waals surface area contributed by atoms with Gasteiger partial charge in [-0.3, -0.25) is 4.79 Å². The molecular weight excluding hydrogens is 372 g/mol. The van der Waals surface area contributed by atoms with Crippen molar-refractivity contribution in [3.8, 4) is 0 Å². The lowest BCUT2D eigenvalue weighted by Crippen LogP contribution is -2.43. The zero-order valence-corrected chi connectivity index (χ0v) is 15.6. The van der Waals surface area contributed by atoms with E-state index in [4.69, 9.17) is 32.3 Å². The Balaban J connectivity index is 0.000000277. The number of aliphatic carboxylic acids is 1. The highest BCUT2D eigenvalue weighted by atomic mass is 35.5. The number of nitrogens with one attached hydrogen (secondary N) is 1. The van der Waals surface area contributed by atoms with Crippen LogP contribution in [-0.2, 0) is 20.9 Å². The van der Waals surface area contributed by atoms with Gasteiger partial charge < -0.3 is 26.0 Å². The van der Waals surface area contributed by atoms with Gasteiger partial charge in [0, 0.05) is 24.2 Å². The van der Waals surface area contributed by atoms with Crippen LogP contribution in [0.15, 0.2) is 54.6 Å². The topological polar surface area (TPSA) is 122 Å². The highest BCUT2D eigenvalue weighted by Gasteiger charge is 2.17. The number of amides is 1. The minimum absolute atomic E-state index is 0.194. The van der Waals surface area contributed by atoms with Crippen LogP contribution in [0.3, 0.4) is 0 Å². The first-order chi connectivity index (χ1) is 12.9. The first-order valence-corrected chi connectivity index (χ1v) is 8.46. The lowest BCUT2D eigenvalue weighted by atomic mass is 10.1. The van der Waals surface area contributed by atoms with E-state index in [1.165, 1.54) is 19.2 Å². The third-order valence-corrected chi connectivity index (χ3v) is 3.77. The first kappa shape index (κ1) is 22.6. The van der Waals surface area contributed by atoms with Crippen molar-refractivity contribution in [3.63, 3.8) is 0 Å². The number of ether oxygens (including phenoxy) is 1. The van der Waals surface area contributed by atoms with Gasteiger partial charge >= 0.3 is 5.97 Å². The predicted octanol–water partition coefficient (Wildman–Crippen LogP) is 1.73. The number of rotatable bonds is 7. The van der Waals surface area contributed by atoms with Gasteiger partial charge in [-0.15, -0.1) is 0 Å². The Hall–Kier alpha value is -2.45. The molecule has 0 aliphatic carbocycles. The fraction of sp³-hybridized carbons (Fsp3) is 0.263. The molecule has 5 N–H and O–H groups in total. The summed E-state index contributed by atoms with van der Waals surface area (Å²) in [5, 5.41) is 20.5. The summed E-state index contributed by atoms with van der Waals surface area (Å²) in [7, 11) is 1.52. The van der Waals surface area contributed by atoms with Crippen molar-refractivity contribution >= 4 is 23.5 Å². The van der Waals surface area contributed by atoms with Gasteiger partial charge in [0.2, 0.25) is 5.91 Å². The number of nitrogens with two attached hydrogens (primary N) is 1. The zero-order chi connectivity index (χ0) is 20.2. The van der Waals surface area contributed by atoms with Gasteiger partial charge in [0.15, 0.2) is 6.10 Å². The van der Waals surface area contributed by atoms with Crippen molar-refractivity contribution in [2.75, 3.05) is 13.7 Å². The minimum atomic E-state index is -1.54. The number of aliphatic hydroxyl groups excluding tert-OH is 1. The number of methoxy groups -OCH3 is 1. The monoisotopic (exact) mass is 394 g/mol. The maximum Gasteiger partial charge on any atom is 0.337 e. The average Bonchev–Trinajstić information content (AvgIpc) is 2.67. The Kier molecular flexibility index (Phi) is 10.1. The van der Waals surface area contributed by atoms with E-state index in [0.29, 0.717) is 6.54 Å². The largest absolute Gasteiger partial charge is 0.479 e. The number of aliphatic hydroxyl groups is 1. The lowest BCUT2D eigenvalue weighted by molar-refractivity contribution is -0.147. The summed E-state index contributed by atoms with van der Waals surface area (Å²) >= 11 is 5.64. The van der Waals surface area contributed by atoms with Crippen molar-refractivity contribution in [3.05, 3.63) is 70.7 Å². The number of carboxylic acid groups (broad SMARTS) is 1. The Morgan fingerprint density at radius 3 is 2.30 bits per heavy atom. The molecule has 8 heteroatoms. The summed E-state index contributed by atoms with van der Waals surface area (Å²) in [6.45, 7) is 0.734. The lowest BCUT2D eigenvalue weighted by Gasteiger charge is -2.10. The molecule has 0 fully saturated rings. The molecule has 7 nitrogen and oxygen atoms in total. The molecule has 2 rings (SSSR count). The smallest absolute Gasteiger partial charge is 0.337 e. The second-order valence-electron chi connectivity index (χ2n) is 5.53. The van der Waals surface area contributed by atoms with Gasteiger partial charge in [-0.25, -0.2) is 4.79 Å². The molecule has 0 heterocycles. The molecule has 1 unspecified atom stereocenters. The third-order valence-electron chi connectivity index (χ3n) is 3.43. The third kappa shape index (κ3) is 8.19. The van der Waals surface area contributed by atoms with Gasteiger partial charge in [0.25, 0.3) is 0 Å². The molecule has 146 valence electrons. The summed E-state index contributed by atoms with van der Waals surface area (Å²) in [6.07, 6.45) is -1.54. The van der Waals surface area contributed by atoms with Crippen molar-refractivity contribution in [1.29, 1.82) is 0 Å². The summed E-state index contributed by atoms with van der Waals surface area (Å²) in [5.41, 5.74) is 6.82. The van der Waals surface area contributed by atoms with Crippen LogP contribution in [0.2, 0.25) is 5.02 Å². The number of halogens is 1. The van der Waals surface area contributed by atoms with E-state index >= 15 is 0 Å². The van der Waals surface area contributed by atoms with Crippen molar-refractivity contribution < 1.29 is 24.5 Å². The molecule has 0 bridgehead atoms. The molecule has 0 saturated carbocycles. The highest BCUT2D eigenvalue weighted by molar-refractivity contribution is 6.31. The van der Waals surface area contributed by atoms with Crippen LogP contribution in [-0.4, -0.2) is 41.8 Å². The van der Waals surface area contributed by atoms with Crippen LogP contribution in [0, 0.1) is 0 Å². The number of carboxylic acids is 1. The Morgan fingerprint density at radius 1 is 1.15 bits per heavy atom. The summed E-state index contributed by atoms with van der Waals surface area (Å²) in [5.74, 6) is -1.50. The molecule has 2 aromatic rings. The van der Waals surface area contributed by atoms with E-state index in [9.17, 15) is 9.59 Å². The van der Waals surface area contributed by atoms with Crippen molar-refractivity contribution in [1.82, 2.24) is 5.32 Å². The fourth-order valence-electron chi connectivity index (χ4n) is 2.00. The van der Waals surface area contributed by atoms with E-state index < -0.39 is 18.1 Å². The second-order valence-corrected chi connectivity index (χ2v) is 5.93. The standard InChI is InChI=1S/C11H16N2O2.C8H7ClO3/c1-15-8-10(12)11(14)13-7-9-5-3-2-4-6-9;9-6-4-2-1-3-5(6)7(10)8(11)12/h2-6,10H,7-8,12H2,1H3,(H,13,14);1-4,7,10H,(H,11,12)/t10-;/m1./s1. The van der Waals surface area contributed by atoms with Gasteiger partial charge in [-0.05, 0) is 11.6 Å². The van der Waals surface area contributed by atoms with E-state index in [1.54, 1.807) is 12.1 Å². The summed E-state index contributed by atoms with van der Waals surface area (Å²) in [4.78, 5) is 21.7. The summed E-state index contributed by atoms with van der Waals surface area (Å²) < 4.78 is 4.79. The average molecular weight is 395 g/mol. The molecule has 0 aliphatic heterocycles. The SMILES string of the molecule is COC[C@@H](N)C(=O)NCc1ccccc1.O=C(O)C(O)c1ccccc1Cl. The molecule has 0 aliphatic rings. The summed E-state index contributed by atoms with van der Waals surface area (Å²) in [6, 6.07) is 15.4. The maximum absolute atomic E-state index is 11.4. The van der Waals surface area contributed by atoms with Crippen LogP contribution in [0.5, 0.6) is 0 Å². The van der Waals surface area contributed by atoms with Crippen molar-refractivity contribution in [2.24, 2.45) is 5.73 Å². The number of benzene rings is 2. The highest BCUT2D eigenvalue weighted by Crippen LogP contribution is 2.22. The molecule has 0 saturated heterocycles. The van der Waals surface area contributed by atoms with Gasteiger partial charge in [0.05, 0.1) is 6.61 Å². The van der Waals surface area contributed by atoms with Crippen LogP contribution < -0.4 is 11.1 Å². The molecule has 0 aromatic heterocycles. The first-order valence-electron chi connectivity index (χ1n) is 8.08. The molecule has 27 heavy (non-hydrogen) atoms. The predicted molar refractivity (Wildman–Crippen MR) is 102 cm³/mol. The molecular formula is C19H23ClN2O5. The molecule has 0 radical (unpaired) electrons. The maximum atomic E-state index is 11.4. The Labute approximate surface area is 162 Å². The number of carbonyl (C=O) groups is 2. The van der Waals surface area contributed by atoms with E-state index in [0.717, 1.165) is 5.56 Å². The van der Waals surface area contributed by atoms with E-state index in [-0.39, 0.29) is 23.1 Å². The van der Waals surface area contributed by atoms with Crippen molar-refractivity contribution in [2.45, 2.75) is 18.7 Å². The Bertz CT molecular complexity index is 727. The molecule has 2 atom stereocenters. The molecule has 1 amide bonds. The zero-order valence-electron chi connectivity index (χ0n) is 14.8. The van der Waals surface area contributed by atoms with Gasteiger partial charge in [0.1, 0.15) is 6.04 Å². The normalized spacial score (nSPS) is 12.3. The quantitative estimate of drug-likeness (QED) is 0.567. The van der Waals surface area contributed by atoms with Crippen LogP contribution in [0.1, 0.15) is 17.2 Å². The van der Waals surface area contributed by atoms with E-state index in [2.05, 4.69) is 5.32 Å². The fourth-order valence-corrected chi connectivity index (χ4v) is 2.24. The molecule has 0 spiro atoms. The van der Waals surface area contributed by atoms with Crippen LogP contribution in [0.4, 0.5) is 0 Å². The van der Waals surface area contributed by atoms with E-state index in [1.807, 2.05) is 30.3 Å². The van der Waals surface area contributed by atoms with Crippen LogP contribution >= 0.6 is 11.6 Å². The number of carbonyl (C=O) groups excluding carboxylic acids is 1. The Morgan fingerprint density at radius 2 is 1.74 bits per heavy atom. The van der Waals surface area contributed by atoms with Gasteiger partial charge in [-0.1, -0.05) is 60.1 Å². The van der Waals surface area contributed by atoms with Gasteiger partial charge in [-0.2, -0.15) is 0 Å². The number of hydrogen-bond donors (Lipinski definition) is 4.